The van der Waals surface area contributed by atoms with E-state index in [2.05, 4.69) is 36.2 Å². The highest BCUT2D eigenvalue weighted by Crippen LogP contribution is 2.18. The van der Waals surface area contributed by atoms with Crippen LogP contribution in [0.3, 0.4) is 0 Å². The number of benzene rings is 1. The minimum atomic E-state index is -0.295. The van der Waals surface area contributed by atoms with E-state index in [1.807, 2.05) is 23.2 Å². The van der Waals surface area contributed by atoms with E-state index < -0.39 is 0 Å². The van der Waals surface area contributed by atoms with Crippen LogP contribution in [-0.2, 0) is 29.0 Å². The van der Waals surface area contributed by atoms with Crippen molar-refractivity contribution in [3.63, 3.8) is 0 Å². The number of rotatable bonds is 6. The van der Waals surface area contributed by atoms with Gasteiger partial charge in [0.2, 0.25) is 0 Å². The number of hydrogen-bond donors (Lipinski definition) is 0. The molecular formula is C20H24N2O2. The fourth-order valence-electron chi connectivity index (χ4n) is 3.00. The lowest BCUT2D eigenvalue weighted by Gasteiger charge is -2.25. The third kappa shape index (κ3) is 4.20. The van der Waals surface area contributed by atoms with Gasteiger partial charge in [0.1, 0.15) is 6.10 Å². The third-order valence-electron chi connectivity index (χ3n) is 4.42. The maximum atomic E-state index is 12.9. The van der Waals surface area contributed by atoms with Crippen molar-refractivity contribution in [2.75, 3.05) is 6.61 Å². The number of carbonyl (C=O) groups is 1. The molecule has 0 N–H and O–H groups in total. The number of carbonyl (C=O) groups excluding carboxylic acids is 1. The smallest absolute Gasteiger partial charge is 0.252 e. The second-order valence-electron chi connectivity index (χ2n) is 6.23. The first-order chi connectivity index (χ1) is 11.8. The molecule has 1 aromatic heterocycles. The summed E-state index contributed by atoms with van der Waals surface area (Å²) in [6, 6.07) is 12.4. The van der Waals surface area contributed by atoms with Crippen LogP contribution >= 0.6 is 0 Å². The topological polar surface area (TPSA) is 42.4 Å². The molecule has 1 aliphatic rings. The number of pyridine rings is 1. The summed E-state index contributed by atoms with van der Waals surface area (Å²) in [6.07, 6.45) is 6.07. The van der Waals surface area contributed by atoms with E-state index >= 15 is 0 Å². The Morgan fingerprint density at radius 3 is 2.54 bits per heavy atom. The van der Waals surface area contributed by atoms with E-state index in [1.54, 1.807) is 6.20 Å². The lowest BCUT2D eigenvalue weighted by atomic mass is 10.1. The van der Waals surface area contributed by atoms with Crippen LogP contribution in [0.5, 0.6) is 0 Å². The zero-order valence-corrected chi connectivity index (χ0v) is 14.1. The molecule has 4 nitrogen and oxygen atoms in total. The monoisotopic (exact) mass is 324 g/mol. The molecule has 2 aromatic rings. The molecule has 0 radical (unpaired) electrons. The fraction of sp³-hybridized carbons (Fsp3) is 0.400. The van der Waals surface area contributed by atoms with Gasteiger partial charge in [-0.2, -0.15) is 0 Å². The average molecular weight is 324 g/mol. The first-order valence-corrected chi connectivity index (χ1v) is 8.63. The van der Waals surface area contributed by atoms with Crippen molar-refractivity contribution in [2.45, 2.75) is 45.4 Å². The Morgan fingerprint density at radius 1 is 1.17 bits per heavy atom. The van der Waals surface area contributed by atoms with Gasteiger partial charge in [-0.15, -0.1) is 0 Å². The van der Waals surface area contributed by atoms with E-state index in [0.29, 0.717) is 19.7 Å². The van der Waals surface area contributed by atoms with Crippen LogP contribution in [0.2, 0.25) is 0 Å². The van der Waals surface area contributed by atoms with Gasteiger partial charge in [0.05, 0.1) is 0 Å². The Bertz CT molecular complexity index is 649. The van der Waals surface area contributed by atoms with Crippen molar-refractivity contribution < 1.29 is 9.53 Å². The summed E-state index contributed by atoms with van der Waals surface area (Å²) in [7, 11) is 0. The SMILES string of the molecule is CCc1ccc(CN(Cc2cccnc2)C(=O)C2CCCO2)cc1. The molecule has 0 saturated carbocycles. The molecule has 4 heteroatoms. The summed E-state index contributed by atoms with van der Waals surface area (Å²) >= 11 is 0. The van der Waals surface area contributed by atoms with Crippen LogP contribution in [0.25, 0.3) is 0 Å². The van der Waals surface area contributed by atoms with E-state index in [4.69, 9.17) is 4.74 Å². The van der Waals surface area contributed by atoms with Gasteiger partial charge >= 0.3 is 0 Å². The maximum absolute atomic E-state index is 12.9. The van der Waals surface area contributed by atoms with E-state index in [9.17, 15) is 4.79 Å². The molecule has 3 rings (SSSR count). The second kappa shape index (κ2) is 8.06. The Kier molecular flexibility index (Phi) is 5.59. The zero-order chi connectivity index (χ0) is 16.8. The van der Waals surface area contributed by atoms with Crippen molar-refractivity contribution in [3.05, 3.63) is 65.5 Å². The van der Waals surface area contributed by atoms with Crippen molar-refractivity contribution >= 4 is 5.91 Å². The van der Waals surface area contributed by atoms with Crippen LogP contribution < -0.4 is 0 Å². The highest BCUT2D eigenvalue weighted by atomic mass is 16.5. The lowest BCUT2D eigenvalue weighted by Crippen LogP contribution is -2.38. The van der Waals surface area contributed by atoms with Crippen molar-refractivity contribution in [1.29, 1.82) is 0 Å². The lowest BCUT2D eigenvalue weighted by molar-refractivity contribution is -0.142. The Labute approximate surface area is 143 Å². The van der Waals surface area contributed by atoms with E-state index in [-0.39, 0.29) is 12.0 Å². The zero-order valence-electron chi connectivity index (χ0n) is 14.1. The van der Waals surface area contributed by atoms with Crippen LogP contribution in [0.1, 0.15) is 36.5 Å². The van der Waals surface area contributed by atoms with Crippen molar-refractivity contribution in [1.82, 2.24) is 9.88 Å². The first kappa shape index (κ1) is 16.7. The van der Waals surface area contributed by atoms with Crippen LogP contribution in [-0.4, -0.2) is 28.5 Å². The fourth-order valence-corrected chi connectivity index (χ4v) is 3.00. The van der Waals surface area contributed by atoms with Crippen LogP contribution in [0, 0.1) is 0 Å². The van der Waals surface area contributed by atoms with Gasteiger partial charge in [0.25, 0.3) is 5.91 Å². The third-order valence-corrected chi connectivity index (χ3v) is 4.42. The van der Waals surface area contributed by atoms with Gasteiger partial charge in [-0.05, 0) is 42.0 Å². The molecule has 24 heavy (non-hydrogen) atoms. The molecular weight excluding hydrogens is 300 g/mol. The van der Waals surface area contributed by atoms with E-state index in [1.165, 1.54) is 5.56 Å². The quantitative estimate of drug-likeness (QED) is 0.818. The molecule has 1 unspecified atom stereocenters. The number of ether oxygens (including phenoxy) is 1. The Morgan fingerprint density at radius 2 is 1.92 bits per heavy atom. The summed E-state index contributed by atoms with van der Waals surface area (Å²) in [6.45, 7) is 3.98. The molecule has 0 aliphatic carbocycles. The molecule has 0 bridgehead atoms. The molecule has 1 aliphatic heterocycles. The number of hydrogen-bond acceptors (Lipinski definition) is 3. The minimum absolute atomic E-state index is 0.0796. The normalized spacial score (nSPS) is 17.0. The van der Waals surface area contributed by atoms with Crippen LogP contribution in [0.15, 0.2) is 48.8 Å². The highest BCUT2D eigenvalue weighted by molar-refractivity contribution is 5.81. The van der Waals surface area contributed by atoms with Gasteiger partial charge in [0.15, 0.2) is 0 Å². The molecule has 1 saturated heterocycles. The van der Waals surface area contributed by atoms with Gasteiger partial charge in [0, 0.05) is 32.1 Å². The molecule has 2 heterocycles. The molecule has 1 aromatic carbocycles. The minimum Gasteiger partial charge on any atom is -0.368 e. The second-order valence-corrected chi connectivity index (χ2v) is 6.23. The molecule has 126 valence electrons. The van der Waals surface area contributed by atoms with Gasteiger partial charge < -0.3 is 9.64 Å². The Hall–Kier alpha value is -2.20. The standard InChI is InChI=1S/C20H24N2O2/c1-2-16-7-9-17(10-8-16)14-22(15-18-5-3-11-21-13-18)20(23)19-6-4-12-24-19/h3,5,7-11,13,19H,2,4,6,12,14-15H2,1H3. The molecule has 1 fully saturated rings. The predicted octanol–water partition coefficient (Wildman–Crippen LogP) is 3.35. The largest absolute Gasteiger partial charge is 0.368 e. The first-order valence-electron chi connectivity index (χ1n) is 8.63. The van der Waals surface area contributed by atoms with Crippen molar-refractivity contribution in [3.8, 4) is 0 Å². The number of aromatic nitrogens is 1. The Balaban J connectivity index is 1.76. The number of nitrogens with zero attached hydrogens (tertiary/aromatic N) is 2. The van der Waals surface area contributed by atoms with Crippen LogP contribution in [0.4, 0.5) is 0 Å². The average Bonchev–Trinajstić information content (AvgIpc) is 3.17. The molecule has 0 spiro atoms. The van der Waals surface area contributed by atoms with Gasteiger partial charge in [-0.25, -0.2) is 0 Å². The maximum Gasteiger partial charge on any atom is 0.252 e. The highest BCUT2D eigenvalue weighted by Gasteiger charge is 2.28. The van der Waals surface area contributed by atoms with Gasteiger partial charge in [-0.1, -0.05) is 37.3 Å². The predicted molar refractivity (Wildman–Crippen MR) is 93.3 cm³/mol. The van der Waals surface area contributed by atoms with Crippen molar-refractivity contribution in [2.24, 2.45) is 0 Å². The summed E-state index contributed by atoms with van der Waals surface area (Å²) in [5.74, 6) is 0.0796. The molecule has 1 atom stereocenters. The number of amides is 1. The summed E-state index contributed by atoms with van der Waals surface area (Å²) < 4.78 is 5.60. The number of aryl methyl sites for hydroxylation is 1. The summed E-state index contributed by atoms with van der Waals surface area (Å²) in [5.41, 5.74) is 3.49. The summed E-state index contributed by atoms with van der Waals surface area (Å²) in [5, 5.41) is 0. The van der Waals surface area contributed by atoms with E-state index in [0.717, 1.165) is 30.4 Å². The van der Waals surface area contributed by atoms with Gasteiger partial charge in [-0.3, -0.25) is 9.78 Å². The summed E-state index contributed by atoms with van der Waals surface area (Å²) in [4.78, 5) is 18.9. The molecule has 1 amide bonds.